The summed E-state index contributed by atoms with van der Waals surface area (Å²) in [5, 5.41) is 3.09. The smallest absolute Gasteiger partial charge is 0.255 e. The number of nitrogens with zero attached hydrogens (tertiary/aromatic N) is 1. The van der Waals surface area contributed by atoms with Crippen molar-refractivity contribution in [1.29, 1.82) is 0 Å². The Balaban J connectivity index is 2.01. The minimum absolute atomic E-state index is 0.239. The van der Waals surface area contributed by atoms with Crippen molar-refractivity contribution in [1.82, 2.24) is 10.0 Å². The normalized spacial score (nSPS) is 12.5. The number of furan rings is 1. The maximum atomic E-state index is 13.6. The summed E-state index contributed by atoms with van der Waals surface area (Å²) in [6.45, 7) is 0.348. The lowest BCUT2D eigenvalue weighted by Gasteiger charge is -2.21. The Labute approximate surface area is 217 Å². The minimum Gasteiger partial charge on any atom is -0.455 e. The number of carbonyl (C=O) groups is 1. The lowest BCUT2D eigenvalue weighted by Crippen LogP contribution is -2.25. The average molecular weight is 544 g/mol. The van der Waals surface area contributed by atoms with Crippen LogP contribution in [-0.2, 0) is 27.6 Å². The molecule has 3 aromatic carbocycles. The van der Waals surface area contributed by atoms with Gasteiger partial charge in [0.05, 0.1) is 28.5 Å². The van der Waals surface area contributed by atoms with Crippen LogP contribution in [0.1, 0.15) is 15.9 Å². The molecule has 8 nitrogen and oxygen atoms in total. The fourth-order valence-electron chi connectivity index (χ4n) is 3.99. The largest absolute Gasteiger partial charge is 0.455 e. The average Bonchev–Trinajstić information content (AvgIpc) is 3.24. The molecule has 194 valence electrons. The van der Waals surface area contributed by atoms with E-state index in [0.717, 1.165) is 16.1 Å². The fraction of sp³-hybridized carbons (Fsp3) is 0.192. The highest BCUT2D eigenvalue weighted by atomic mass is 32.2. The summed E-state index contributed by atoms with van der Waals surface area (Å²) in [5.41, 5.74) is 3.48. The zero-order chi connectivity index (χ0) is 26.9. The molecule has 1 heterocycles. The van der Waals surface area contributed by atoms with E-state index < -0.39 is 32.7 Å². The third kappa shape index (κ3) is 5.58. The maximum Gasteiger partial charge on any atom is 0.255 e. The highest BCUT2D eigenvalue weighted by Gasteiger charge is 2.26. The van der Waals surface area contributed by atoms with E-state index in [4.69, 9.17) is 4.42 Å². The molecule has 0 fully saturated rings. The molecular weight excluding hydrogens is 517 g/mol. The summed E-state index contributed by atoms with van der Waals surface area (Å²) in [6.07, 6.45) is 2.63. The van der Waals surface area contributed by atoms with E-state index in [0.29, 0.717) is 39.9 Å². The molecular formula is C26H26FN3O5S2. The van der Waals surface area contributed by atoms with Crippen LogP contribution in [0.4, 0.5) is 10.1 Å². The summed E-state index contributed by atoms with van der Waals surface area (Å²) in [7, 11) is -1.92. The topological polar surface area (TPSA) is 109 Å². The van der Waals surface area contributed by atoms with Gasteiger partial charge in [-0.3, -0.25) is 9.10 Å². The van der Waals surface area contributed by atoms with E-state index in [9.17, 15) is 21.8 Å². The van der Waals surface area contributed by atoms with Crippen LogP contribution in [0.15, 0.2) is 65.1 Å². The number of fused-ring (bicyclic) bond motifs is 1. The molecule has 0 spiro atoms. The second kappa shape index (κ2) is 10.4. The Bertz CT molecular complexity index is 1620. The van der Waals surface area contributed by atoms with Gasteiger partial charge in [0, 0.05) is 49.5 Å². The van der Waals surface area contributed by atoms with E-state index in [-0.39, 0.29) is 11.3 Å². The Kier molecular flexibility index (Phi) is 7.49. The van der Waals surface area contributed by atoms with Gasteiger partial charge in [-0.05, 0) is 47.5 Å². The molecule has 0 bridgehead atoms. The van der Waals surface area contributed by atoms with Gasteiger partial charge in [-0.1, -0.05) is 18.2 Å². The van der Waals surface area contributed by atoms with Crippen molar-refractivity contribution in [3.05, 3.63) is 77.6 Å². The molecule has 0 saturated carbocycles. The molecule has 0 saturated heterocycles. The van der Waals surface area contributed by atoms with Crippen LogP contribution in [0.3, 0.4) is 0 Å². The number of halogens is 1. The molecule has 4 rings (SSSR count). The van der Waals surface area contributed by atoms with Crippen molar-refractivity contribution in [3.63, 3.8) is 0 Å². The van der Waals surface area contributed by atoms with E-state index in [1.54, 1.807) is 12.1 Å². The predicted molar refractivity (Wildman–Crippen MR) is 145 cm³/mol. The van der Waals surface area contributed by atoms with Crippen molar-refractivity contribution in [2.75, 3.05) is 30.9 Å². The summed E-state index contributed by atoms with van der Waals surface area (Å²) >= 11 is 0. The molecule has 4 aromatic rings. The first-order valence-electron chi connectivity index (χ1n) is 11.2. The zero-order valence-electron chi connectivity index (χ0n) is 20.7. The van der Waals surface area contributed by atoms with Crippen molar-refractivity contribution >= 4 is 43.6 Å². The molecule has 1 amide bonds. The number of rotatable bonds is 8. The van der Waals surface area contributed by atoms with E-state index >= 15 is 0 Å². The number of benzene rings is 3. The molecule has 0 aliphatic rings. The van der Waals surface area contributed by atoms with Gasteiger partial charge in [0.25, 0.3) is 5.91 Å². The third-order valence-corrected chi connectivity index (χ3v) is 7.66. The van der Waals surface area contributed by atoms with E-state index in [1.807, 2.05) is 24.3 Å². The molecule has 0 aliphatic heterocycles. The molecule has 0 radical (unpaired) electrons. The third-order valence-electron chi connectivity index (χ3n) is 5.92. The molecule has 2 N–H and O–H groups in total. The molecule has 1 atom stereocenters. The lowest BCUT2D eigenvalue weighted by atomic mass is 9.97. The molecule has 37 heavy (non-hydrogen) atoms. The van der Waals surface area contributed by atoms with Crippen molar-refractivity contribution in [3.8, 4) is 22.5 Å². The van der Waals surface area contributed by atoms with Crippen LogP contribution in [0.2, 0.25) is 0 Å². The van der Waals surface area contributed by atoms with Gasteiger partial charge in [0.2, 0.25) is 10.0 Å². The van der Waals surface area contributed by atoms with E-state index in [2.05, 4.69) is 10.0 Å². The molecule has 11 heteroatoms. The summed E-state index contributed by atoms with van der Waals surface area (Å²) < 4.78 is 60.2. The second-order valence-electron chi connectivity index (χ2n) is 8.46. The Morgan fingerprint density at radius 1 is 1.08 bits per heavy atom. The number of anilines is 1. The number of amides is 1. The Morgan fingerprint density at radius 2 is 1.78 bits per heavy atom. The van der Waals surface area contributed by atoms with Crippen LogP contribution >= 0.6 is 0 Å². The van der Waals surface area contributed by atoms with Crippen molar-refractivity contribution in [2.45, 2.75) is 6.54 Å². The molecule has 0 aliphatic carbocycles. The van der Waals surface area contributed by atoms with Crippen LogP contribution in [0, 0.1) is 5.82 Å². The van der Waals surface area contributed by atoms with Gasteiger partial charge in [0.15, 0.2) is 0 Å². The maximum absolute atomic E-state index is 13.6. The van der Waals surface area contributed by atoms with Gasteiger partial charge >= 0.3 is 0 Å². The SMILES string of the molecule is CNC(=O)c1c(-c2ccc(F)cc2)oc2cc(N(C)S(C)(=O)=O)c(-c3cccc(CNS(C)=O)c3)cc12. The second-order valence-corrected chi connectivity index (χ2v) is 11.7. The standard InChI is InChI=1S/C26H26FN3O5S2/c1-28-26(31)24-21-13-20(18-7-5-6-16(12-18)15-29-36(3)32)22(30(2)37(4,33)34)14-23(21)35-25(24)17-8-10-19(27)11-9-17/h5-14,29H,15H2,1-4H3,(H,28,31). The van der Waals surface area contributed by atoms with Crippen molar-refractivity contribution < 1.29 is 26.2 Å². The van der Waals surface area contributed by atoms with Crippen LogP contribution in [0.25, 0.3) is 33.4 Å². The Hall–Kier alpha value is -3.54. The van der Waals surface area contributed by atoms with Gasteiger partial charge in [-0.25, -0.2) is 21.7 Å². The summed E-state index contributed by atoms with van der Waals surface area (Å²) in [5.74, 6) is -0.596. The van der Waals surface area contributed by atoms with Crippen LogP contribution in [-0.4, -0.2) is 45.1 Å². The first-order valence-corrected chi connectivity index (χ1v) is 14.6. The van der Waals surface area contributed by atoms with Gasteiger partial charge in [0.1, 0.15) is 17.2 Å². The molecule has 1 unspecified atom stereocenters. The van der Waals surface area contributed by atoms with E-state index in [1.165, 1.54) is 44.6 Å². The monoisotopic (exact) mass is 543 g/mol. The summed E-state index contributed by atoms with van der Waals surface area (Å²) in [4.78, 5) is 13.0. The van der Waals surface area contributed by atoms with Crippen LogP contribution < -0.4 is 14.3 Å². The Morgan fingerprint density at radius 3 is 2.41 bits per heavy atom. The highest BCUT2D eigenvalue weighted by Crippen LogP contribution is 2.41. The first-order chi connectivity index (χ1) is 17.5. The van der Waals surface area contributed by atoms with Crippen molar-refractivity contribution in [2.24, 2.45) is 0 Å². The van der Waals surface area contributed by atoms with Crippen LogP contribution in [0.5, 0.6) is 0 Å². The highest BCUT2D eigenvalue weighted by molar-refractivity contribution is 7.92. The number of hydrogen-bond acceptors (Lipinski definition) is 5. The quantitative estimate of drug-likeness (QED) is 0.349. The number of nitrogens with one attached hydrogen (secondary N) is 2. The predicted octanol–water partition coefficient (Wildman–Crippen LogP) is 4.04. The first kappa shape index (κ1) is 26.5. The number of carbonyl (C=O) groups excluding carboxylic acids is 1. The van der Waals surface area contributed by atoms with Gasteiger partial charge in [-0.2, -0.15) is 0 Å². The van der Waals surface area contributed by atoms with Gasteiger partial charge in [-0.15, -0.1) is 0 Å². The zero-order valence-corrected chi connectivity index (χ0v) is 22.3. The number of sulfonamides is 1. The molecule has 1 aromatic heterocycles. The van der Waals surface area contributed by atoms with Gasteiger partial charge < -0.3 is 9.73 Å². The summed E-state index contributed by atoms with van der Waals surface area (Å²) in [6, 6.07) is 16.2. The lowest BCUT2D eigenvalue weighted by molar-refractivity contribution is 0.0964. The fourth-order valence-corrected chi connectivity index (χ4v) is 4.87. The number of hydrogen-bond donors (Lipinski definition) is 2. The minimum atomic E-state index is -3.65.